The third kappa shape index (κ3) is 7.99. The number of carbonyl (C=O) groups excluding carboxylic acids is 2. The van der Waals surface area contributed by atoms with Crippen molar-refractivity contribution in [2.24, 2.45) is 0 Å². The molecule has 3 rings (SSSR count). The lowest BCUT2D eigenvalue weighted by molar-refractivity contribution is -0.140. The molecule has 0 aliphatic heterocycles. The van der Waals surface area contributed by atoms with Gasteiger partial charge in [0.25, 0.3) is 10.0 Å². The third-order valence-electron chi connectivity index (χ3n) is 6.11. The minimum atomic E-state index is -4.13. The standard InChI is InChI=1S/C30H35Cl2N3O4S/c1-20-14-21(2)16-24(15-20)35(40(38,39)25-10-8-7-9-11-25)19-28(36)34(22(3)29(37)33-30(4,5)6)18-23-12-13-26(31)27(32)17-23/h7-17,22H,18-19H2,1-6H3,(H,33,37)/t22-/m0/s1. The maximum atomic E-state index is 14.0. The Balaban J connectivity index is 2.07. The van der Waals surface area contributed by atoms with Crippen LogP contribution in [0.1, 0.15) is 44.4 Å². The lowest BCUT2D eigenvalue weighted by Gasteiger charge is -2.33. The number of anilines is 1. The highest BCUT2D eigenvalue weighted by atomic mass is 35.5. The molecule has 0 saturated heterocycles. The second-order valence-corrected chi connectivity index (χ2v) is 13.5. The number of benzene rings is 3. The number of hydrogen-bond donors (Lipinski definition) is 1. The Hall–Kier alpha value is -3.07. The SMILES string of the molecule is Cc1cc(C)cc(N(CC(=O)N(Cc2ccc(Cl)c(Cl)c2)[C@@H](C)C(=O)NC(C)(C)C)S(=O)(=O)c2ccccc2)c1. The topological polar surface area (TPSA) is 86.8 Å². The number of aryl methyl sites for hydroxylation is 2. The molecule has 0 aliphatic carbocycles. The summed E-state index contributed by atoms with van der Waals surface area (Å²) in [6.07, 6.45) is 0. The summed E-state index contributed by atoms with van der Waals surface area (Å²) >= 11 is 12.3. The average Bonchev–Trinajstić information content (AvgIpc) is 2.86. The Morgan fingerprint density at radius 3 is 2.05 bits per heavy atom. The van der Waals surface area contributed by atoms with E-state index < -0.39 is 34.1 Å². The van der Waals surface area contributed by atoms with Crippen LogP contribution in [0.3, 0.4) is 0 Å². The van der Waals surface area contributed by atoms with Gasteiger partial charge in [-0.1, -0.05) is 53.5 Å². The van der Waals surface area contributed by atoms with E-state index in [2.05, 4.69) is 5.32 Å². The van der Waals surface area contributed by atoms with Crippen LogP contribution < -0.4 is 9.62 Å². The number of sulfonamides is 1. The molecule has 3 aromatic carbocycles. The highest BCUT2D eigenvalue weighted by Crippen LogP contribution is 2.27. The summed E-state index contributed by atoms with van der Waals surface area (Å²) in [4.78, 5) is 28.6. The largest absolute Gasteiger partial charge is 0.350 e. The predicted molar refractivity (Wildman–Crippen MR) is 161 cm³/mol. The molecule has 1 N–H and O–H groups in total. The Morgan fingerprint density at radius 1 is 0.900 bits per heavy atom. The summed E-state index contributed by atoms with van der Waals surface area (Å²) in [6, 6.07) is 17.4. The number of halogens is 2. The molecule has 0 saturated carbocycles. The van der Waals surface area contributed by atoms with Crippen LogP contribution in [0.25, 0.3) is 0 Å². The molecular weight excluding hydrogens is 569 g/mol. The smallest absolute Gasteiger partial charge is 0.264 e. The fourth-order valence-corrected chi connectivity index (χ4v) is 5.97. The fraction of sp³-hybridized carbons (Fsp3) is 0.333. The van der Waals surface area contributed by atoms with Gasteiger partial charge in [-0.3, -0.25) is 13.9 Å². The predicted octanol–water partition coefficient (Wildman–Crippen LogP) is 6.14. The molecule has 0 radical (unpaired) electrons. The Labute approximate surface area is 247 Å². The summed E-state index contributed by atoms with van der Waals surface area (Å²) in [5.41, 5.74) is 2.16. The van der Waals surface area contributed by atoms with Crippen molar-refractivity contribution in [3.05, 3.63) is 93.5 Å². The molecule has 40 heavy (non-hydrogen) atoms. The van der Waals surface area contributed by atoms with Gasteiger partial charge in [-0.25, -0.2) is 8.42 Å². The molecule has 3 aromatic rings. The number of nitrogens with zero attached hydrogens (tertiary/aromatic N) is 2. The first-order valence-electron chi connectivity index (χ1n) is 12.8. The number of nitrogens with one attached hydrogen (secondary N) is 1. The number of amides is 2. The first-order valence-corrected chi connectivity index (χ1v) is 15.0. The molecule has 0 spiro atoms. The second kappa shape index (κ2) is 12.6. The lowest BCUT2D eigenvalue weighted by atomic mass is 10.1. The third-order valence-corrected chi connectivity index (χ3v) is 8.63. The van der Waals surface area contributed by atoms with E-state index in [4.69, 9.17) is 23.2 Å². The van der Waals surface area contributed by atoms with E-state index in [0.717, 1.165) is 15.4 Å². The van der Waals surface area contributed by atoms with E-state index in [1.165, 1.54) is 17.0 Å². The summed E-state index contributed by atoms with van der Waals surface area (Å²) in [7, 11) is -4.13. The molecule has 0 aliphatic rings. The van der Waals surface area contributed by atoms with Crippen LogP contribution in [0.4, 0.5) is 5.69 Å². The molecule has 0 heterocycles. The van der Waals surface area contributed by atoms with E-state index >= 15 is 0 Å². The van der Waals surface area contributed by atoms with Crippen LogP contribution in [0.5, 0.6) is 0 Å². The molecule has 2 amide bonds. The first-order chi connectivity index (χ1) is 18.6. The Kier molecular flexibility index (Phi) is 9.93. The minimum Gasteiger partial charge on any atom is -0.350 e. The van der Waals surface area contributed by atoms with Gasteiger partial charge in [0.05, 0.1) is 20.6 Å². The molecule has 7 nitrogen and oxygen atoms in total. The van der Waals surface area contributed by atoms with Gasteiger partial charge in [-0.15, -0.1) is 0 Å². The summed E-state index contributed by atoms with van der Waals surface area (Å²) < 4.78 is 28.9. The normalized spacial score (nSPS) is 12.5. The fourth-order valence-electron chi connectivity index (χ4n) is 4.23. The number of carbonyl (C=O) groups is 2. The zero-order valence-corrected chi connectivity index (χ0v) is 25.9. The van der Waals surface area contributed by atoms with Gasteiger partial charge in [0.1, 0.15) is 12.6 Å². The van der Waals surface area contributed by atoms with Crippen molar-refractivity contribution in [3.8, 4) is 0 Å². The summed E-state index contributed by atoms with van der Waals surface area (Å²) in [5, 5.41) is 3.57. The van der Waals surface area contributed by atoms with Crippen molar-refractivity contribution in [2.45, 2.75) is 64.6 Å². The van der Waals surface area contributed by atoms with Crippen LogP contribution in [0.2, 0.25) is 10.0 Å². The highest BCUT2D eigenvalue weighted by molar-refractivity contribution is 7.92. The zero-order chi connectivity index (χ0) is 29.8. The minimum absolute atomic E-state index is 0.0144. The van der Waals surface area contributed by atoms with E-state index in [0.29, 0.717) is 21.3 Å². The van der Waals surface area contributed by atoms with Crippen molar-refractivity contribution >= 4 is 50.7 Å². The first kappa shape index (κ1) is 31.5. The summed E-state index contributed by atoms with van der Waals surface area (Å²) in [6.45, 7) is 10.4. The molecule has 0 bridgehead atoms. The van der Waals surface area contributed by atoms with Gasteiger partial charge >= 0.3 is 0 Å². The van der Waals surface area contributed by atoms with Crippen molar-refractivity contribution in [1.82, 2.24) is 10.2 Å². The molecule has 0 fully saturated rings. The number of hydrogen-bond acceptors (Lipinski definition) is 4. The summed E-state index contributed by atoms with van der Waals surface area (Å²) in [5.74, 6) is -0.925. The van der Waals surface area contributed by atoms with Crippen LogP contribution in [-0.2, 0) is 26.2 Å². The van der Waals surface area contributed by atoms with Crippen LogP contribution in [0.15, 0.2) is 71.6 Å². The number of rotatable bonds is 9. The Morgan fingerprint density at radius 2 is 1.50 bits per heavy atom. The van der Waals surface area contributed by atoms with Crippen LogP contribution >= 0.6 is 23.2 Å². The van der Waals surface area contributed by atoms with Gasteiger partial charge in [0.2, 0.25) is 11.8 Å². The Bertz CT molecular complexity index is 1470. The zero-order valence-electron chi connectivity index (χ0n) is 23.5. The van der Waals surface area contributed by atoms with Crippen LogP contribution in [-0.4, -0.2) is 43.3 Å². The molecule has 214 valence electrons. The molecule has 0 aromatic heterocycles. The van der Waals surface area contributed by atoms with E-state index in [-0.39, 0.29) is 17.3 Å². The molecule has 0 unspecified atom stereocenters. The van der Waals surface area contributed by atoms with Crippen molar-refractivity contribution in [1.29, 1.82) is 0 Å². The highest BCUT2D eigenvalue weighted by Gasteiger charge is 2.33. The van der Waals surface area contributed by atoms with Gasteiger partial charge in [-0.2, -0.15) is 0 Å². The lowest BCUT2D eigenvalue weighted by Crippen LogP contribution is -2.54. The maximum Gasteiger partial charge on any atom is 0.264 e. The molecule has 1 atom stereocenters. The van der Waals surface area contributed by atoms with E-state index in [1.807, 2.05) is 40.7 Å². The van der Waals surface area contributed by atoms with Gasteiger partial charge in [-0.05, 0) is 94.6 Å². The second-order valence-electron chi connectivity index (χ2n) is 10.9. The van der Waals surface area contributed by atoms with Crippen molar-refractivity contribution in [2.75, 3.05) is 10.8 Å². The van der Waals surface area contributed by atoms with Crippen molar-refractivity contribution in [3.63, 3.8) is 0 Å². The maximum absolute atomic E-state index is 14.0. The molecular formula is C30H35Cl2N3O4S. The monoisotopic (exact) mass is 603 g/mol. The van der Waals surface area contributed by atoms with Gasteiger partial charge < -0.3 is 10.2 Å². The van der Waals surface area contributed by atoms with Gasteiger partial charge in [0.15, 0.2) is 0 Å². The van der Waals surface area contributed by atoms with Crippen LogP contribution in [0, 0.1) is 13.8 Å². The quantitative estimate of drug-likeness (QED) is 0.318. The van der Waals surface area contributed by atoms with Gasteiger partial charge in [0, 0.05) is 12.1 Å². The average molecular weight is 605 g/mol. The van der Waals surface area contributed by atoms with Crippen molar-refractivity contribution < 1.29 is 18.0 Å². The van der Waals surface area contributed by atoms with E-state index in [1.54, 1.807) is 55.5 Å². The molecule has 10 heteroatoms. The van der Waals surface area contributed by atoms with E-state index in [9.17, 15) is 18.0 Å².